The highest BCUT2D eigenvalue weighted by molar-refractivity contribution is 7.89. The Labute approximate surface area is 122 Å². The normalized spacial score (nSPS) is 15.3. The van der Waals surface area contributed by atoms with Gasteiger partial charge < -0.3 is 10.2 Å². The van der Waals surface area contributed by atoms with E-state index in [-0.39, 0.29) is 10.9 Å². The molecule has 0 fully saturated rings. The minimum Gasteiger partial charge on any atom is -0.309 e. The lowest BCUT2D eigenvalue weighted by atomic mass is 10.1. The van der Waals surface area contributed by atoms with E-state index in [2.05, 4.69) is 17.1 Å². The minimum absolute atomic E-state index is 0.0777. The van der Waals surface area contributed by atoms with Crippen molar-refractivity contribution in [3.8, 4) is 0 Å². The van der Waals surface area contributed by atoms with Gasteiger partial charge >= 0.3 is 0 Å². The lowest BCUT2D eigenvalue weighted by molar-refractivity contribution is 0.354. The summed E-state index contributed by atoms with van der Waals surface area (Å²) in [5.41, 5.74) is 0.924. The molecule has 0 bridgehead atoms. The van der Waals surface area contributed by atoms with E-state index in [1.54, 1.807) is 12.1 Å². The predicted octanol–water partition coefficient (Wildman–Crippen LogP) is 1.32. The second-order valence-electron chi connectivity index (χ2n) is 5.50. The third-order valence-electron chi connectivity index (χ3n) is 3.23. The number of nitrogens with two attached hydrogens (primary N) is 1. The summed E-state index contributed by atoms with van der Waals surface area (Å²) >= 11 is 0. The van der Waals surface area contributed by atoms with Crippen molar-refractivity contribution in [1.29, 1.82) is 0 Å². The van der Waals surface area contributed by atoms with Crippen LogP contribution in [0.5, 0.6) is 0 Å². The zero-order valence-electron chi connectivity index (χ0n) is 12.6. The highest BCUT2D eigenvalue weighted by Crippen LogP contribution is 2.17. The van der Waals surface area contributed by atoms with Gasteiger partial charge in [-0.15, -0.1) is 0 Å². The number of nitrogens with one attached hydrogen (secondary N) is 1. The zero-order chi connectivity index (χ0) is 15.3. The van der Waals surface area contributed by atoms with Gasteiger partial charge in [0.2, 0.25) is 10.0 Å². The third-order valence-corrected chi connectivity index (χ3v) is 4.14. The molecule has 0 saturated carbocycles. The van der Waals surface area contributed by atoms with Gasteiger partial charge in [0.05, 0.1) is 4.90 Å². The van der Waals surface area contributed by atoms with Crippen LogP contribution in [0.4, 0.5) is 0 Å². The van der Waals surface area contributed by atoms with Gasteiger partial charge in [-0.3, -0.25) is 0 Å². The first-order chi connectivity index (χ1) is 9.20. The van der Waals surface area contributed by atoms with Crippen molar-refractivity contribution < 1.29 is 8.42 Å². The number of sulfonamides is 1. The van der Waals surface area contributed by atoms with Gasteiger partial charge in [-0.1, -0.05) is 12.1 Å². The summed E-state index contributed by atoms with van der Waals surface area (Å²) in [5, 5.41) is 8.62. The number of nitrogens with zero attached hydrogens (tertiary/aromatic N) is 1. The van der Waals surface area contributed by atoms with E-state index in [1.807, 2.05) is 27.1 Å². The van der Waals surface area contributed by atoms with Crippen LogP contribution in [0.3, 0.4) is 0 Å². The molecule has 20 heavy (non-hydrogen) atoms. The standard InChI is InChI=1S/C14H25N3O2S/c1-11(8-9-17(3)4)16-12(2)13-6-5-7-14(10-13)20(15,18)19/h5-7,10-12,16H,8-9H2,1-4H3,(H2,15,18,19). The van der Waals surface area contributed by atoms with Crippen LogP contribution < -0.4 is 10.5 Å². The molecule has 0 aliphatic rings. The van der Waals surface area contributed by atoms with E-state index < -0.39 is 10.0 Å². The van der Waals surface area contributed by atoms with Gasteiger partial charge in [-0.05, 0) is 58.6 Å². The van der Waals surface area contributed by atoms with Crippen LogP contribution >= 0.6 is 0 Å². The molecular weight excluding hydrogens is 274 g/mol. The Morgan fingerprint density at radius 3 is 2.50 bits per heavy atom. The maximum absolute atomic E-state index is 11.4. The number of benzene rings is 1. The number of hydrogen-bond donors (Lipinski definition) is 2. The smallest absolute Gasteiger partial charge is 0.238 e. The van der Waals surface area contributed by atoms with Crippen molar-refractivity contribution in [1.82, 2.24) is 10.2 Å². The molecular formula is C14H25N3O2S. The van der Waals surface area contributed by atoms with Crippen molar-refractivity contribution in [3.05, 3.63) is 29.8 Å². The fourth-order valence-electron chi connectivity index (χ4n) is 2.02. The summed E-state index contributed by atoms with van der Waals surface area (Å²) in [6.07, 6.45) is 1.03. The van der Waals surface area contributed by atoms with Crippen LogP contribution in [0.25, 0.3) is 0 Å². The van der Waals surface area contributed by atoms with Gasteiger partial charge in [0.25, 0.3) is 0 Å². The van der Waals surface area contributed by atoms with Crippen molar-refractivity contribution in [2.75, 3.05) is 20.6 Å². The maximum atomic E-state index is 11.4. The van der Waals surface area contributed by atoms with Gasteiger partial charge in [0.15, 0.2) is 0 Å². The van der Waals surface area contributed by atoms with E-state index in [0.29, 0.717) is 6.04 Å². The molecule has 0 aliphatic heterocycles. The zero-order valence-corrected chi connectivity index (χ0v) is 13.4. The second kappa shape index (κ2) is 7.17. The number of hydrogen-bond acceptors (Lipinski definition) is 4. The lowest BCUT2D eigenvalue weighted by Gasteiger charge is -2.22. The first-order valence-corrected chi connectivity index (χ1v) is 8.28. The molecule has 0 radical (unpaired) electrons. The largest absolute Gasteiger partial charge is 0.309 e. The summed E-state index contributed by atoms with van der Waals surface area (Å²) in [6.45, 7) is 5.16. The fourth-order valence-corrected chi connectivity index (χ4v) is 2.59. The molecule has 1 aromatic carbocycles. The monoisotopic (exact) mass is 299 g/mol. The first kappa shape index (κ1) is 17.1. The first-order valence-electron chi connectivity index (χ1n) is 6.73. The number of primary sulfonamides is 1. The summed E-state index contributed by atoms with van der Waals surface area (Å²) < 4.78 is 22.7. The van der Waals surface area contributed by atoms with Gasteiger partial charge in [-0.2, -0.15) is 0 Å². The Hall–Kier alpha value is -0.950. The summed E-state index contributed by atoms with van der Waals surface area (Å²) in [5.74, 6) is 0. The molecule has 5 nitrogen and oxygen atoms in total. The molecule has 0 aromatic heterocycles. The summed E-state index contributed by atoms with van der Waals surface area (Å²) in [6, 6.07) is 7.20. The Kier molecular flexibility index (Phi) is 6.13. The minimum atomic E-state index is -3.64. The molecule has 1 aromatic rings. The highest BCUT2D eigenvalue weighted by atomic mass is 32.2. The Morgan fingerprint density at radius 1 is 1.30 bits per heavy atom. The summed E-state index contributed by atoms with van der Waals surface area (Å²) in [7, 11) is 0.451. The molecule has 2 unspecified atom stereocenters. The number of rotatable bonds is 7. The van der Waals surface area contributed by atoms with Gasteiger partial charge in [-0.25, -0.2) is 13.6 Å². The van der Waals surface area contributed by atoms with Crippen molar-refractivity contribution in [2.45, 2.75) is 37.2 Å². The molecule has 1 rings (SSSR count). The van der Waals surface area contributed by atoms with Crippen LogP contribution in [-0.2, 0) is 10.0 Å². The molecule has 0 heterocycles. The molecule has 0 spiro atoms. The molecule has 0 aliphatic carbocycles. The van der Waals surface area contributed by atoms with E-state index in [1.165, 1.54) is 6.07 Å². The predicted molar refractivity (Wildman–Crippen MR) is 82.0 cm³/mol. The molecule has 2 atom stereocenters. The van der Waals surface area contributed by atoms with Crippen LogP contribution in [0, 0.1) is 0 Å². The van der Waals surface area contributed by atoms with Gasteiger partial charge in [0, 0.05) is 12.1 Å². The van der Waals surface area contributed by atoms with E-state index >= 15 is 0 Å². The quantitative estimate of drug-likeness (QED) is 0.796. The highest BCUT2D eigenvalue weighted by Gasteiger charge is 2.13. The molecule has 3 N–H and O–H groups in total. The topological polar surface area (TPSA) is 75.4 Å². The van der Waals surface area contributed by atoms with Crippen LogP contribution in [-0.4, -0.2) is 40.0 Å². The lowest BCUT2D eigenvalue weighted by Crippen LogP contribution is -2.32. The third kappa shape index (κ3) is 5.58. The maximum Gasteiger partial charge on any atom is 0.238 e. The van der Waals surface area contributed by atoms with E-state index in [9.17, 15) is 8.42 Å². The molecule has 114 valence electrons. The second-order valence-corrected chi connectivity index (χ2v) is 7.06. The van der Waals surface area contributed by atoms with Crippen LogP contribution in [0.2, 0.25) is 0 Å². The molecule has 0 amide bonds. The van der Waals surface area contributed by atoms with Crippen molar-refractivity contribution >= 4 is 10.0 Å². The Morgan fingerprint density at radius 2 is 1.95 bits per heavy atom. The van der Waals surface area contributed by atoms with Gasteiger partial charge in [0.1, 0.15) is 0 Å². The van der Waals surface area contributed by atoms with E-state index in [0.717, 1.165) is 18.5 Å². The van der Waals surface area contributed by atoms with Crippen molar-refractivity contribution in [2.24, 2.45) is 5.14 Å². The van der Waals surface area contributed by atoms with E-state index in [4.69, 9.17) is 5.14 Å². The summed E-state index contributed by atoms with van der Waals surface area (Å²) in [4.78, 5) is 2.30. The van der Waals surface area contributed by atoms with Crippen LogP contribution in [0.15, 0.2) is 29.2 Å². The average Bonchev–Trinajstić information content (AvgIpc) is 2.35. The van der Waals surface area contributed by atoms with Crippen molar-refractivity contribution in [3.63, 3.8) is 0 Å². The average molecular weight is 299 g/mol. The Balaban J connectivity index is 2.70. The SMILES string of the molecule is CC(CCN(C)C)NC(C)c1cccc(S(N)(=O)=O)c1. The molecule has 0 saturated heterocycles. The van der Waals surface area contributed by atoms with Crippen LogP contribution in [0.1, 0.15) is 31.9 Å². The molecule has 6 heteroatoms. The fraction of sp³-hybridized carbons (Fsp3) is 0.571. The Bertz CT molecular complexity index is 529.